The molecular weight excluding hydrogens is 259 g/mol. The maximum absolute atomic E-state index is 13.7. The molecule has 0 spiro atoms. The average molecular weight is 277 g/mol. The topological polar surface area (TPSA) is 29.3 Å². The molecule has 0 saturated heterocycles. The number of hydrogen-bond acceptors (Lipinski definition) is 3. The van der Waals surface area contributed by atoms with Crippen molar-refractivity contribution < 1.29 is 4.39 Å². The van der Waals surface area contributed by atoms with Gasteiger partial charge in [0.15, 0.2) is 0 Å². The van der Waals surface area contributed by atoms with E-state index in [0.717, 1.165) is 18.8 Å². The molecule has 2 nitrogen and oxygen atoms in total. The molecule has 17 heavy (non-hydrogen) atoms. The number of nitrogens with two attached hydrogens (primary N) is 1. The van der Waals surface area contributed by atoms with Crippen LogP contribution in [-0.4, -0.2) is 36.5 Å². The molecule has 0 atom stereocenters. The maximum atomic E-state index is 13.7. The Morgan fingerprint density at radius 1 is 1.41 bits per heavy atom. The summed E-state index contributed by atoms with van der Waals surface area (Å²) in [6.45, 7) is 2.82. The summed E-state index contributed by atoms with van der Waals surface area (Å²) in [7, 11) is 0. The largest absolute Gasteiger partial charge is 0.329 e. The lowest BCUT2D eigenvalue weighted by Gasteiger charge is -2.21. The molecule has 0 aromatic heterocycles. The number of benzene rings is 1. The van der Waals surface area contributed by atoms with E-state index in [0.29, 0.717) is 18.7 Å². The second-order valence-electron chi connectivity index (χ2n) is 3.77. The van der Waals surface area contributed by atoms with Gasteiger partial charge in [0.25, 0.3) is 0 Å². The molecule has 0 aliphatic rings. The summed E-state index contributed by atoms with van der Waals surface area (Å²) in [5, 5.41) is 0.181. The highest BCUT2D eigenvalue weighted by Crippen LogP contribution is 2.19. The summed E-state index contributed by atoms with van der Waals surface area (Å²) >= 11 is 7.53. The van der Waals surface area contributed by atoms with Crippen molar-refractivity contribution in [3.63, 3.8) is 0 Å². The number of hydrogen-bond donors (Lipinski definition) is 1. The monoisotopic (exact) mass is 276 g/mol. The Hall–Kier alpha value is -0.290. The van der Waals surface area contributed by atoms with E-state index in [1.54, 1.807) is 30.0 Å². The first-order valence-electron chi connectivity index (χ1n) is 5.53. The van der Waals surface area contributed by atoms with Gasteiger partial charge < -0.3 is 5.73 Å². The third-order valence-corrected chi connectivity index (χ3v) is 3.37. The second kappa shape index (κ2) is 7.93. The maximum Gasteiger partial charge on any atom is 0.146 e. The fraction of sp³-hybridized carbons (Fsp3) is 0.500. The van der Waals surface area contributed by atoms with Crippen molar-refractivity contribution in [3.05, 3.63) is 34.6 Å². The van der Waals surface area contributed by atoms with Crippen LogP contribution in [0.2, 0.25) is 5.02 Å². The van der Waals surface area contributed by atoms with Gasteiger partial charge in [0.2, 0.25) is 0 Å². The van der Waals surface area contributed by atoms with E-state index < -0.39 is 0 Å². The van der Waals surface area contributed by atoms with Crippen LogP contribution in [0, 0.1) is 5.82 Å². The van der Waals surface area contributed by atoms with E-state index in [2.05, 4.69) is 11.2 Å². The molecule has 0 aliphatic carbocycles. The summed E-state index contributed by atoms with van der Waals surface area (Å²) in [6.07, 6.45) is 2.06. The highest BCUT2D eigenvalue weighted by molar-refractivity contribution is 7.98. The molecule has 1 rings (SSSR count). The third-order valence-electron chi connectivity index (χ3n) is 2.48. The highest BCUT2D eigenvalue weighted by Gasteiger charge is 2.10. The van der Waals surface area contributed by atoms with Crippen LogP contribution in [0.15, 0.2) is 18.2 Å². The van der Waals surface area contributed by atoms with Crippen LogP contribution in [0.25, 0.3) is 0 Å². The van der Waals surface area contributed by atoms with Gasteiger partial charge in [0.1, 0.15) is 5.82 Å². The van der Waals surface area contributed by atoms with Crippen molar-refractivity contribution in [2.24, 2.45) is 5.73 Å². The van der Waals surface area contributed by atoms with Gasteiger partial charge in [-0.15, -0.1) is 0 Å². The normalized spacial score (nSPS) is 11.1. The lowest BCUT2D eigenvalue weighted by molar-refractivity contribution is 0.286. The molecule has 0 saturated carbocycles. The molecule has 0 amide bonds. The highest BCUT2D eigenvalue weighted by atomic mass is 35.5. The molecule has 0 radical (unpaired) electrons. The van der Waals surface area contributed by atoms with Crippen molar-refractivity contribution in [1.82, 2.24) is 4.90 Å². The molecule has 96 valence electrons. The molecule has 1 aromatic carbocycles. The fourth-order valence-electron chi connectivity index (χ4n) is 1.58. The molecule has 2 N–H and O–H groups in total. The van der Waals surface area contributed by atoms with Crippen LogP contribution in [0.4, 0.5) is 4.39 Å². The van der Waals surface area contributed by atoms with Gasteiger partial charge in [-0.25, -0.2) is 4.39 Å². The first kappa shape index (κ1) is 14.8. The van der Waals surface area contributed by atoms with E-state index in [1.807, 2.05) is 0 Å². The van der Waals surface area contributed by atoms with Gasteiger partial charge in [-0.2, -0.15) is 11.8 Å². The Morgan fingerprint density at radius 3 is 2.82 bits per heavy atom. The molecule has 0 fully saturated rings. The standard InChI is InChI=1S/C12H18ClFN2S/c1-17-8-7-16(6-5-15)9-10-3-2-4-11(13)12(10)14/h2-4H,5-9,15H2,1H3. The number of nitrogens with zero attached hydrogens (tertiary/aromatic N) is 1. The summed E-state index contributed by atoms with van der Waals surface area (Å²) < 4.78 is 13.7. The smallest absolute Gasteiger partial charge is 0.146 e. The van der Waals surface area contributed by atoms with Crippen molar-refractivity contribution in [2.75, 3.05) is 31.6 Å². The predicted octanol–water partition coefficient (Wildman–Crippen LogP) is 2.60. The van der Waals surface area contributed by atoms with Crippen molar-refractivity contribution in [3.8, 4) is 0 Å². The third kappa shape index (κ3) is 4.84. The van der Waals surface area contributed by atoms with Crippen LogP contribution in [0.1, 0.15) is 5.56 Å². The summed E-state index contributed by atoms with van der Waals surface area (Å²) in [5.41, 5.74) is 6.19. The quantitative estimate of drug-likeness (QED) is 0.830. The SMILES string of the molecule is CSCCN(CCN)Cc1cccc(Cl)c1F. The molecule has 0 heterocycles. The van der Waals surface area contributed by atoms with Gasteiger partial charge >= 0.3 is 0 Å². The minimum Gasteiger partial charge on any atom is -0.329 e. The van der Waals surface area contributed by atoms with E-state index in [4.69, 9.17) is 17.3 Å². The first-order valence-corrected chi connectivity index (χ1v) is 7.30. The van der Waals surface area contributed by atoms with Gasteiger partial charge in [0, 0.05) is 37.5 Å². The van der Waals surface area contributed by atoms with E-state index >= 15 is 0 Å². The zero-order valence-corrected chi connectivity index (χ0v) is 11.5. The van der Waals surface area contributed by atoms with Crippen LogP contribution >= 0.6 is 23.4 Å². The van der Waals surface area contributed by atoms with Gasteiger partial charge in [-0.05, 0) is 12.3 Å². The second-order valence-corrected chi connectivity index (χ2v) is 5.16. The summed E-state index contributed by atoms with van der Waals surface area (Å²) in [6, 6.07) is 5.11. The molecule has 0 aliphatic heterocycles. The number of rotatable bonds is 7. The van der Waals surface area contributed by atoms with Gasteiger partial charge in [0.05, 0.1) is 5.02 Å². The Balaban J connectivity index is 2.67. The Labute approximate surface area is 111 Å². The summed E-state index contributed by atoms with van der Waals surface area (Å²) in [5.74, 6) is 0.697. The molecule has 5 heteroatoms. The van der Waals surface area contributed by atoms with Crippen LogP contribution in [-0.2, 0) is 6.54 Å². The van der Waals surface area contributed by atoms with Crippen LogP contribution in [0.3, 0.4) is 0 Å². The van der Waals surface area contributed by atoms with Gasteiger partial charge in [-0.1, -0.05) is 23.7 Å². The minimum atomic E-state index is -0.319. The minimum absolute atomic E-state index is 0.181. The van der Waals surface area contributed by atoms with Crippen molar-refractivity contribution in [2.45, 2.75) is 6.54 Å². The van der Waals surface area contributed by atoms with Crippen LogP contribution in [0.5, 0.6) is 0 Å². The van der Waals surface area contributed by atoms with E-state index in [-0.39, 0.29) is 10.8 Å². The molecule has 1 aromatic rings. The molecule has 0 bridgehead atoms. The predicted molar refractivity (Wildman–Crippen MR) is 74.1 cm³/mol. The summed E-state index contributed by atoms with van der Waals surface area (Å²) in [4.78, 5) is 2.14. The van der Waals surface area contributed by atoms with E-state index in [9.17, 15) is 4.39 Å². The Bertz CT molecular complexity index is 349. The first-order chi connectivity index (χ1) is 8.19. The van der Waals surface area contributed by atoms with Crippen LogP contribution < -0.4 is 5.73 Å². The molecular formula is C12H18ClFN2S. The fourth-order valence-corrected chi connectivity index (χ4v) is 2.22. The zero-order valence-electron chi connectivity index (χ0n) is 9.96. The Kier molecular flexibility index (Phi) is 6.89. The van der Waals surface area contributed by atoms with E-state index in [1.165, 1.54) is 0 Å². The van der Waals surface area contributed by atoms with Gasteiger partial charge in [-0.3, -0.25) is 4.90 Å². The van der Waals surface area contributed by atoms with Crippen molar-refractivity contribution >= 4 is 23.4 Å². The number of halogens is 2. The molecule has 0 unspecified atom stereocenters. The lowest BCUT2D eigenvalue weighted by atomic mass is 10.2. The average Bonchev–Trinajstić information content (AvgIpc) is 2.32. The number of thioether (sulfide) groups is 1. The Morgan fingerprint density at radius 2 is 2.18 bits per heavy atom. The van der Waals surface area contributed by atoms with Crippen molar-refractivity contribution in [1.29, 1.82) is 0 Å². The lowest BCUT2D eigenvalue weighted by Crippen LogP contribution is -2.31. The zero-order chi connectivity index (χ0) is 12.7.